The van der Waals surface area contributed by atoms with Crippen LogP contribution in [-0.2, 0) is 18.9 Å². The number of aliphatic hydroxyl groups excluding tert-OH is 6. The van der Waals surface area contributed by atoms with E-state index in [1.165, 1.54) is 0 Å². The zero-order chi connectivity index (χ0) is 23.0. The lowest BCUT2D eigenvalue weighted by atomic mass is 9.84. The lowest BCUT2D eigenvalue weighted by Crippen LogP contribution is -2.68. The van der Waals surface area contributed by atoms with Crippen LogP contribution in [0.25, 0.3) is 0 Å². The Bertz CT molecular complexity index is 591. The molecule has 0 aromatic carbocycles. The average molecular weight is 454 g/mol. The van der Waals surface area contributed by atoms with E-state index >= 15 is 0 Å². The van der Waals surface area contributed by atoms with Crippen molar-refractivity contribution in [3.05, 3.63) is 0 Å². The molecular weight excluding hydrogens is 420 g/mol. The van der Waals surface area contributed by atoms with Crippen LogP contribution in [-0.4, -0.2) is 129 Å². The predicted octanol–water partition coefficient (Wildman–Crippen LogP) is -6.65. The van der Waals surface area contributed by atoms with Crippen molar-refractivity contribution in [2.24, 2.45) is 22.9 Å². The number of ether oxygens (including phenoxy) is 4. The molecule has 2 saturated heterocycles. The molecule has 2 heterocycles. The molecule has 0 aromatic rings. The maximum atomic E-state index is 10.9. The molecule has 0 unspecified atom stereocenters. The van der Waals surface area contributed by atoms with Gasteiger partial charge in [-0.2, -0.15) is 0 Å². The van der Waals surface area contributed by atoms with Crippen LogP contribution in [0, 0.1) is 0 Å². The summed E-state index contributed by atoms with van der Waals surface area (Å²) in [5, 5.41) is 60.5. The molecule has 3 fully saturated rings. The normalized spacial score (nSPS) is 54.0. The minimum absolute atomic E-state index is 0.105. The summed E-state index contributed by atoms with van der Waals surface area (Å²) in [5.74, 6) is 0. The number of rotatable bonds is 5. The molecule has 14 atom stereocenters. The van der Waals surface area contributed by atoms with Crippen LogP contribution in [0.2, 0.25) is 0 Å². The highest BCUT2D eigenvalue weighted by atomic mass is 16.7. The average Bonchev–Trinajstić information content (AvgIpc) is 2.73. The standard InChI is InChI=1S/C17H34N4O10/c18-2-7-10(24)11(25)8(21)16(29-7)30-14-4(19)1-5(20)15(13(14)27)31-17-12(26)9(23)6(22)3-28-17/h4-17,22-27H,1-3,18-21H2/t4-,5+,6+,7+,8+,9-,10+,11+,12+,13-,14+,15-,16+,17+/m0/s1. The highest BCUT2D eigenvalue weighted by Gasteiger charge is 2.50. The molecule has 3 rings (SSSR count). The van der Waals surface area contributed by atoms with Gasteiger partial charge < -0.3 is 72.5 Å². The van der Waals surface area contributed by atoms with E-state index in [9.17, 15) is 30.6 Å². The zero-order valence-corrected chi connectivity index (χ0v) is 16.8. The quantitative estimate of drug-likeness (QED) is 0.185. The lowest BCUT2D eigenvalue weighted by Gasteiger charge is -2.47. The van der Waals surface area contributed by atoms with Gasteiger partial charge in [-0.3, -0.25) is 0 Å². The second-order valence-corrected chi connectivity index (χ2v) is 8.34. The molecule has 182 valence electrons. The summed E-state index contributed by atoms with van der Waals surface area (Å²) < 4.78 is 22.2. The minimum Gasteiger partial charge on any atom is -0.388 e. The first-order chi connectivity index (χ1) is 14.6. The molecule has 0 radical (unpaired) electrons. The van der Waals surface area contributed by atoms with E-state index in [0.717, 1.165) is 0 Å². The van der Waals surface area contributed by atoms with E-state index < -0.39 is 85.6 Å². The molecule has 1 aliphatic carbocycles. The highest BCUT2D eigenvalue weighted by molar-refractivity contribution is 5.01. The third-order valence-corrected chi connectivity index (χ3v) is 6.08. The van der Waals surface area contributed by atoms with Crippen LogP contribution < -0.4 is 22.9 Å². The fraction of sp³-hybridized carbons (Fsp3) is 1.00. The molecule has 0 bridgehead atoms. The van der Waals surface area contributed by atoms with Gasteiger partial charge in [0.1, 0.15) is 54.9 Å². The predicted molar refractivity (Wildman–Crippen MR) is 102 cm³/mol. The Morgan fingerprint density at radius 3 is 1.90 bits per heavy atom. The van der Waals surface area contributed by atoms with Gasteiger partial charge in [0.2, 0.25) is 0 Å². The van der Waals surface area contributed by atoms with Crippen molar-refractivity contribution in [2.45, 2.75) is 92.1 Å². The molecular formula is C17H34N4O10. The van der Waals surface area contributed by atoms with Gasteiger partial charge in [-0.1, -0.05) is 0 Å². The largest absolute Gasteiger partial charge is 0.388 e. The van der Waals surface area contributed by atoms with Crippen molar-refractivity contribution in [3.63, 3.8) is 0 Å². The van der Waals surface area contributed by atoms with E-state index in [0.29, 0.717) is 0 Å². The second kappa shape index (κ2) is 10.1. The van der Waals surface area contributed by atoms with Crippen molar-refractivity contribution < 1.29 is 49.6 Å². The SMILES string of the molecule is NC[C@H]1O[C@H](O[C@H]2[C@H](O)[C@@H](O[C@H]3OC[C@@H](O)[C@H](O)[C@H]3O)[C@H](N)C[C@@H]2N)[C@H](N)[C@@H](O)[C@@H]1O. The van der Waals surface area contributed by atoms with Crippen LogP contribution in [0.1, 0.15) is 6.42 Å². The van der Waals surface area contributed by atoms with Crippen molar-refractivity contribution in [2.75, 3.05) is 13.2 Å². The fourth-order valence-electron chi connectivity index (χ4n) is 4.12. The molecule has 0 amide bonds. The summed E-state index contributed by atoms with van der Waals surface area (Å²) in [5.41, 5.74) is 23.6. The molecule has 14 nitrogen and oxygen atoms in total. The summed E-state index contributed by atoms with van der Waals surface area (Å²) >= 11 is 0. The molecule has 31 heavy (non-hydrogen) atoms. The second-order valence-electron chi connectivity index (χ2n) is 8.34. The molecule has 0 spiro atoms. The van der Waals surface area contributed by atoms with E-state index in [1.54, 1.807) is 0 Å². The maximum absolute atomic E-state index is 10.9. The molecule has 14 heteroatoms. The Labute approximate surface area is 178 Å². The van der Waals surface area contributed by atoms with Crippen molar-refractivity contribution in [1.29, 1.82) is 0 Å². The summed E-state index contributed by atoms with van der Waals surface area (Å²) in [6, 6.07) is -2.67. The number of nitrogens with two attached hydrogens (primary N) is 4. The Morgan fingerprint density at radius 2 is 1.32 bits per heavy atom. The Hall–Kier alpha value is -0.560. The first-order valence-electron chi connectivity index (χ1n) is 10.2. The zero-order valence-electron chi connectivity index (χ0n) is 16.8. The molecule has 14 N–H and O–H groups in total. The van der Waals surface area contributed by atoms with E-state index in [4.69, 9.17) is 41.9 Å². The van der Waals surface area contributed by atoms with Gasteiger partial charge in [0.05, 0.1) is 12.6 Å². The summed E-state index contributed by atoms with van der Waals surface area (Å²) in [4.78, 5) is 0. The minimum atomic E-state index is -1.57. The van der Waals surface area contributed by atoms with Crippen molar-refractivity contribution in [1.82, 2.24) is 0 Å². The van der Waals surface area contributed by atoms with Gasteiger partial charge >= 0.3 is 0 Å². The van der Waals surface area contributed by atoms with Gasteiger partial charge in [-0.15, -0.1) is 0 Å². The third kappa shape index (κ3) is 5.02. The highest BCUT2D eigenvalue weighted by Crippen LogP contribution is 2.30. The summed E-state index contributed by atoms with van der Waals surface area (Å²) in [6.07, 6.45) is -14.1. The van der Waals surface area contributed by atoms with Crippen molar-refractivity contribution >= 4 is 0 Å². The summed E-state index contributed by atoms with van der Waals surface area (Å²) in [7, 11) is 0. The Morgan fingerprint density at radius 1 is 0.742 bits per heavy atom. The van der Waals surface area contributed by atoms with E-state index in [1.807, 2.05) is 0 Å². The lowest BCUT2D eigenvalue weighted by molar-refractivity contribution is -0.315. The van der Waals surface area contributed by atoms with Gasteiger partial charge in [0.25, 0.3) is 0 Å². The van der Waals surface area contributed by atoms with Crippen molar-refractivity contribution in [3.8, 4) is 0 Å². The monoisotopic (exact) mass is 454 g/mol. The smallest absolute Gasteiger partial charge is 0.186 e. The van der Waals surface area contributed by atoms with E-state index in [-0.39, 0.29) is 19.6 Å². The van der Waals surface area contributed by atoms with Gasteiger partial charge in [-0.05, 0) is 6.42 Å². The number of hydrogen-bond acceptors (Lipinski definition) is 14. The fourth-order valence-corrected chi connectivity index (χ4v) is 4.12. The first kappa shape index (κ1) is 25.1. The first-order valence-corrected chi connectivity index (χ1v) is 10.2. The maximum Gasteiger partial charge on any atom is 0.186 e. The van der Waals surface area contributed by atoms with Gasteiger partial charge in [0.15, 0.2) is 12.6 Å². The van der Waals surface area contributed by atoms with Crippen LogP contribution >= 0.6 is 0 Å². The van der Waals surface area contributed by atoms with Gasteiger partial charge in [0, 0.05) is 18.6 Å². The molecule has 1 saturated carbocycles. The molecule has 2 aliphatic heterocycles. The molecule has 0 aromatic heterocycles. The topological polar surface area (TPSA) is 262 Å². The molecule has 3 aliphatic rings. The van der Waals surface area contributed by atoms with Crippen LogP contribution in [0.3, 0.4) is 0 Å². The Kier molecular flexibility index (Phi) is 8.21. The van der Waals surface area contributed by atoms with Crippen LogP contribution in [0.15, 0.2) is 0 Å². The number of aliphatic hydroxyl groups is 6. The summed E-state index contributed by atoms with van der Waals surface area (Å²) in [6.45, 7) is -0.391. The third-order valence-electron chi connectivity index (χ3n) is 6.08. The van der Waals surface area contributed by atoms with Crippen LogP contribution in [0.4, 0.5) is 0 Å². The van der Waals surface area contributed by atoms with Crippen LogP contribution in [0.5, 0.6) is 0 Å². The van der Waals surface area contributed by atoms with Gasteiger partial charge in [-0.25, -0.2) is 0 Å². The van der Waals surface area contributed by atoms with E-state index in [2.05, 4.69) is 0 Å². The Balaban J connectivity index is 1.70. The number of hydrogen-bond donors (Lipinski definition) is 10.